The number of nitrogens with zero attached hydrogens (tertiary/aromatic N) is 2. The monoisotopic (exact) mass is 603 g/mol. The number of sulfonamides is 1. The van der Waals surface area contributed by atoms with Crippen LogP contribution in [0.1, 0.15) is 43.9 Å². The summed E-state index contributed by atoms with van der Waals surface area (Å²) in [5, 5.41) is 23.3. The normalized spacial score (nSPS) is 17.8. The van der Waals surface area contributed by atoms with Gasteiger partial charge >= 0.3 is 0 Å². The molecule has 0 saturated heterocycles. The van der Waals surface area contributed by atoms with E-state index in [-0.39, 0.29) is 40.8 Å². The molecule has 2 aliphatic rings. The van der Waals surface area contributed by atoms with Gasteiger partial charge in [0.1, 0.15) is 0 Å². The van der Waals surface area contributed by atoms with Gasteiger partial charge in [-0.25, -0.2) is 13.6 Å². The van der Waals surface area contributed by atoms with Crippen molar-refractivity contribution in [2.45, 2.75) is 44.0 Å². The first-order valence-electron chi connectivity index (χ1n) is 13.8. The molecule has 1 heterocycles. The third-order valence-electron chi connectivity index (χ3n) is 7.70. The minimum atomic E-state index is -3.80. The number of anilines is 2. The van der Waals surface area contributed by atoms with Gasteiger partial charge in [0.25, 0.3) is 5.69 Å². The first-order chi connectivity index (χ1) is 20.3. The van der Waals surface area contributed by atoms with E-state index in [0.29, 0.717) is 36.1 Å². The Balaban J connectivity index is 1.48. The zero-order chi connectivity index (χ0) is 30.9. The number of hydrogen-bond donors (Lipinski definition) is 3. The second-order valence-electron chi connectivity index (χ2n) is 11.6. The van der Waals surface area contributed by atoms with Crippen LogP contribution in [0.25, 0.3) is 0 Å². The topological polar surface area (TPSA) is 165 Å². The molecule has 5 rings (SSSR count). The predicted molar refractivity (Wildman–Crippen MR) is 163 cm³/mol. The summed E-state index contributed by atoms with van der Waals surface area (Å²) in [4.78, 5) is 40.3. The summed E-state index contributed by atoms with van der Waals surface area (Å²) >= 11 is 0. The fraction of sp³-hybridized carbons (Fsp3) is 0.290. The molecule has 1 amide bonds. The Kier molecular flexibility index (Phi) is 8.08. The van der Waals surface area contributed by atoms with Crippen molar-refractivity contribution in [3.05, 3.63) is 105 Å². The number of carbonyl (C=O) groups is 2. The number of fused-ring (bicyclic) bond motifs is 1. The Hall–Kier alpha value is -4.55. The number of nitro groups is 1. The van der Waals surface area contributed by atoms with Gasteiger partial charge in [0.2, 0.25) is 15.9 Å². The summed E-state index contributed by atoms with van der Waals surface area (Å²) in [5.74, 6) is -0.379. The van der Waals surface area contributed by atoms with E-state index in [4.69, 9.17) is 5.14 Å². The molecule has 0 saturated carbocycles. The van der Waals surface area contributed by atoms with Crippen molar-refractivity contribution in [3.8, 4) is 0 Å². The summed E-state index contributed by atoms with van der Waals surface area (Å²) in [7, 11) is -3.80. The van der Waals surface area contributed by atoms with Gasteiger partial charge in [-0.3, -0.25) is 19.7 Å². The maximum absolute atomic E-state index is 13.8. The highest BCUT2D eigenvalue weighted by atomic mass is 32.2. The van der Waals surface area contributed by atoms with Crippen LogP contribution in [0.15, 0.2) is 89.0 Å². The van der Waals surface area contributed by atoms with E-state index in [1.165, 1.54) is 24.3 Å². The number of nitrogens with two attached hydrogens (primary N) is 1. The van der Waals surface area contributed by atoms with Crippen molar-refractivity contribution in [1.82, 2.24) is 5.32 Å². The number of non-ortho nitro benzene ring substituents is 1. The van der Waals surface area contributed by atoms with Crippen molar-refractivity contribution in [2.24, 2.45) is 10.6 Å². The predicted octanol–water partition coefficient (Wildman–Crippen LogP) is 4.22. The van der Waals surface area contributed by atoms with Gasteiger partial charge in [0.05, 0.1) is 33.8 Å². The van der Waals surface area contributed by atoms with Crippen molar-refractivity contribution in [2.75, 3.05) is 23.3 Å². The number of hydrogen-bond acceptors (Lipinski definition) is 8. The first-order valence-corrected chi connectivity index (χ1v) is 15.4. The second kappa shape index (κ2) is 11.6. The average molecular weight is 604 g/mol. The highest BCUT2D eigenvalue weighted by Gasteiger charge is 2.42. The Labute approximate surface area is 250 Å². The molecule has 0 aromatic heterocycles. The number of para-hydroxylation sites is 2. The Morgan fingerprint density at radius 2 is 1.81 bits per heavy atom. The smallest absolute Gasteiger partial charge is 0.269 e. The van der Waals surface area contributed by atoms with Crippen LogP contribution in [0.5, 0.6) is 0 Å². The molecule has 43 heavy (non-hydrogen) atoms. The van der Waals surface area contributed by atoms with Crippen molar-refractivity contribution in [1.29, 1.82) is 0 Å². The number of Topliss-reactive ketones (excluding diaryl/α,β-unsaturated/α-hetero) is 1. The van der Waals surface area contributed by atoms with Crippen LogP contribution >= 0.6 is 0 Å². The van der Waals surface area contributed by atoms with Crippen LogP contribution < -0.4 is 20.7 Å². The quantitative estimate of drug-likeness (QED) is 0.254. The molecule has 11 nitrogen and oxygen atoms in total. The lowest BCUT2D eigenvalue weighted by molar-refractivity contribution is -0.384. The molecule has 3 aromatic rings. The van der Waals surface area contributed by atoms with Crippen LogP contribution in [0.3, 0.4) is 0 Å². The largest absolute Gasteiger partial charge is 0.357 e. The lowest BCUT2D eigenvalue weighted by atomic mass is 9.73. The summed E-state index contributed by atoms with van der Waals surface area (Å²) in [6, 6.07) is 19.1. The van der Waals surface area contributed by atoms with Crippen molar-refractivity contribution >= 4 is 38.8 Å². The van der Waals surface area contributed by atoms with Gasteiger partial charge in [-0.1, -0.05) is 50.2 Å². The highest BCUT2D eigenvalue weighted by Crippen LogP contribution is 2.48. The van der Waals surface area contributed by atoms with E-state index in [1.54, 1.807) is 24.3 Å². The van der Waals surface area contributed by atoms with Crippen LogP contribution in [-0.4, -0.2) is 38.1 Å². The molecule has 12 heteroatoms. The lowest BCUT2D eigenvalue weighted by Crippen LogP contribution is -2.42. The molecule has 0 bridgehead atoms. The Morgan fingerprint density at radius 3 is 2.51 bits per heavy atom. The maximum atomic E-state index is 13.8. The number of rotatable bonds is 8. The molecular formula is C31H33N5O6S. The summed E-state index contributed by atoms with van der Waals surface area (Å²) in [5.41, 5.74) is 3.63. The van der Waals surface area contributed by atoms with Crippen molar-refractivity contribution in [3.63, 3.8) is 0 Å². The minimum absolute atomic E-state index is 0.00948. The molecule has 1 aliphatic heterocycles. The van der Waals surface area contributed by atoms with E-state index in [0.717, 1.165) is 16.9 Å². The van der Waals surface area contributed by atoms with Crippen LogP contribution in [0.4, 0.5) is 17.1 Å². The fourth-order valence-corrected chi connectivity index (χ4v) is 6.30. The minimum Gasteiger partial charge on any atom is -0.357 e. The molecule has 224 valence electrons. The molecule has 0 fully saturated rings. The molecule has 1 aliphatic carbocycles. The van der Waals surface area contributed by atoms with E-state index >= 15 is 0 Å². The molecule has 1 atom stereocenters. The number of primary sulfonamides is 1. The zero-order valence-corrected chi connectivity index (χ0v) is 24.7. The number of nitrogens with one attached hydrogen (secondary N) is 2. The van der Waals surface area contributed by atoms with Gasteiger partial charge in [0.15, 0.2) is 5.78 Å². The number of amides is 1. The van der Waals surface area contributed by atoms with E-state index in [1.807, 2.05) is 43.0 Å². The maximum Gasteiger partial charge on any atom is 0.269 e. The number of carbonyl (C=O) groups excluding carboxylic acids is 2. The van der Waals surface area contributed by atoms with Gasteiger partial charge < -0.3 is 15.5 Å². The van der Waals surface area contributed by atoms with Crippen LogP contribution in [-0.2, 0) is 26.0 Å². The molecule has 0 radical (unpaired) electrons. The summed E-state index contributed by atoms with van der Waals surface area (Å²) < 4.78 is 23.0. The molecular weight excluding hydrogens is 570 g/mol. The van der Waals surface area contributed by atoms with E-state index in [9.17, 15) is 28.1 Å². The molecule has 3 aromatic carbocycles. The number of benzene rings is 3. The molecule has 1 unspecified atom stereocenters. The number of nitro benzene ring substituents is 1. The SMILES string of the molecule is CC1(C)CC(=O)C2=C(C1)Nc1ccccc1N(CC(=O)NCCc1ccc(S(N)(=O)=O)cc1)C2c1cccc([N+](=O)[O-])c1. The van der Waals surface area contributed by atoms with Crippen molar-refractivity contribution < 1.29 is 22.9 Å². The Bertz CT molecular complexity index is 1730. The number of allylic oxidation sites excluding steroid dienone is 1. The third-order valence-corrected chi connectivity index (χ3v) is 8.63. The fourth-order valence-electron chi connectivity index (χ4n) is 5.78. The molecule has 4 N–H and O–H groups in total. The first kappa shape index (κ1) is 29.9. The second-order valence-corrected chi connectivity index (χ2v) is 13.2. The lowest BCUT2D eigenvalue weighted by Gasteiger charge is -2.37. The van der Waals surface area contributed by atoms with E-state index in [2.05, 4.69) is 10.6 Å². The standard InChI is InChI=1S/C31H33N5O6S/c1-31(2)17-25-29(27(37)18-31)30(21-6-5-7-22(16-21)36(39)40)35(26-9-4-3-8-24(26)34-25)19-28(38)33-15-14-20-10-12-23(13-11-20)43(32,41)42/h3-13,16,30,34H,14-15,17-19H2,1-2H3,(H,33,38)(H2,32,41,42). The summed E-state index contributed by atoms with van der Waals surface area (Å²) in [6.07, 6.45) is 1.35. The van der Waals surface area contributed by atoms with Crippen LogP contribution in [0.2, 0.25) is 0 Å². The number of ketones is 1. The van der Waals surface area contributed by atoms with Gasteiger partial charge in [-0.05, 0) is 53.6 Å². The third kappa shape index (κ3) is 6.60. The van der Waals surface area contributed by atoms with Crippen LogP contribution in [0, 0.1) is 15.5 Å². The van der Waals surface area contributed by atoms with E-state index < -0.39 is 21.0 Å². The van der Waals surface area contributed by atoms with Gasteiger partial charge in [-0.15, -0.1) is 0 Å². The summed E-state index contributed by atoms with van der Waals surface area (Å²) in [6.45, 7) is 4.22. The highest BCUT2D eigenvalue weighted by molar-refractivity contribution is 7.89. The Morgan fingerprint density at radius 1 is 1.09 bits per heavy atom. The molecule has 0 spiro atoms. The van der Waals surface area contributed by atoms with Gasteiger partial charge in [0, 0.05) is 36.4 Å². The zero-order valence-electron chi connectivity index (χ0n) is 23.9. The van der Waals surface area contributed by atoms with Gasteiger partial charge in [-0.2, -0.15) is 0 Å². The average Bonchev–Trinajstić information content (AvgIpc) is 3.06.